The fraction of sp³-hybridized carbons (Fsp3) is 0.450. The van der Waals surface area contributed by atoms with Crippen LogP contribution < -0.4 is 16.0 Å². The number of hydrogen-bond donors (Lipinski definition) is 2. The van der Waals surface area contributed by atoms with Gasteiger partial charge in [0.05, 0.1) is 12.5 Å². The number of anilines is 4. The Morgan fingerprint density at radius 3 is 2.70 bits per heavy atom. The molecular weight excluding hydrogens is 342 g/mol. The van der Waals surface area contributed by atoms with Gasteiger partial charge in [-0.2, -0.15) is 0 Å². The number of aryl methyl sites for hydroxylation is 1. The van der Waals surface area contributed by atoms with Gasteiger partial charge in [-0.25, -0.2) is 9.97 Å². The third kappa shape index (κ3) is 4.30. The molecule has 0 unspecified atom stereocenters. The Labute approximate surface area is 159 Å². The summed E-state index contributed by atoms with van der Waals surface area (Å²) in [6.45, 7) is 5.81. The summed E-state index contributed by atoms with van der Waals surface area (Å²) < 4.78 is 5.14. The van der Waals surface area contributed by atoms with Crippen LogP contribution >= 0.6 is 0 Å². The highest BCUT2D eigenvalue weighted by Crippen LogP contribution is 2.32. The quantitative estimate of drug-likeness (QED) is 0.756. The van der Waals surface area contributed by atoms with Gasteiger partial charge in [0.25, 0.3) is 0 Å². The topological polar surface area (TPSA) is 93.4 Å². The summed E-state index contributed by atoms with van der Waals surface area (Å²) >= 11 is 0. The van der Waals surface area contributed by atoms with Crippen LogP contribution in [0.5, 0.6) is 0 Å². The Hall–Kier alpha value is -2.83. The molecule has 0 spiro atoms. The van der Waals surface area contributed by atoms with Gasteiger partial charge < -0.3 is 20.7 Å². The zero-order valence-corrected chi connectivity index (χ0v) is 15.9. The third-order valence-electron chi connectivity index (χ3n) is 4.93. The Balaban J connectivity index is 1.73. The molecule has 7 heteroatoms. The van der Waals surface area contributed by atoms with E-state index in [0.717, 1.165) is 38.0 Å². The van der Waals surface area contributed by atoms with Crippen molar-refractivity contribution in [2.24, 2.45) is 5.92 Å². The standard InChI is InChI=1S/C20H27N5O2/c1-3-14-7-5-6-8-16(14)24-18-17(21)19(23-13-22-18)25-11-9-15(10-12-25)20(26)27-4-2/h5-8,13,15H,3-4,9-12,21H2,1-2H3,(H,22,23,24). The molecule has 1 aromatic carbocycles. The van der Waals surface area contributed by atoms with Crippen LogP contribution in [-0.4, -0.2) is 35.6 Å². The van der Waals surface area contributed by atoms with Crippen molar-refractivity contribution in [3.8, 4) is 0 Å². The van der Waals surface area contributed by atoms with Crippen molar-refractivity contribution in [3.63, 3.8) is 0 Å². The number of carbonyl (C=O) groups excluding carboxylic acids is 1. The number of ether oxygens (including phenoxy) is 1. The Kier molecular flexibility index (Phi) is 6.11. The first kappa shape index (κ1) is 18.9. The number of benzene rings is 1. The number of nitrogens with one attached hydrogen (secondary N) is 1. The smallest absolute Gasteiger partial charge is 0.309 e. The molecule has 3 rings (SSSR count). The largest absolute Gasteiger partial charge is 0.466 e. The molecule has 3 N–H and O–H groups in total. The minimum absolute atomic E-state index is 0.0433. The lowest BCUT2D eigenvalue weighted by molar-refractivity contribution is -0.148. The van der Waals surface area contributed by atoms with E-state index in [9.17, 15) is 4.79 Å². The molecule has 1 fully saturated rings. The van der Waals surface area contributed by atoms with E-state index >= 15 is 0 Å². The highest BCUT2D eigenvalue weighted by atomic mass is 16.5. The van der Waals surface area contributed by atoms with E-state index in [2.05, 4.69) is 33.2 Å². The van der Waals surface area contributed by atoms with E-state index in [0.29, 0.717) is 23.9 Å². The van der Waals surface area contributed by atoms with Gasteiger partial charge in [-0.15, -0.1) is 0 Å². The number of rotatable bonds is 6. The molecule has 2 heterocycles. The number of nitrogens with two attached hydrogens (primary N) is 1. The molecule has 0 bridgehead atoms. The lowest BCUT2D eigenvalue weighted by Crippen LogP contribution is -2.37. The molecule has 1 aliphatic heterocycles. The minimum atomic E-state index is -0.105. The van der Waals surface area contributed by atoms with Crippen molar-refractivity contribution in [1.82, 2.24) is 9.97 Å². The van der Waals surface area contributed by atoms with Crippen LogP contribution in [0.15, 0.2) is 30.6 Å². The number of hydrogen-bond acceptors (Lipinski definition) is 7. The van der Waals surface area contributed by atoms with E-state index in [-0.39, 0.29) is 11.9 Å². The highest BCUT2D eigenvalue weighted by molar-refractivity contribution is 5.79. The van der Waals surface area contributed by atoms with Gasteiger partial charge in [-0.3, -0.25) is 4.79 Å². The summed E-state index contributed by atoms with van der Waals surface area (Å²) in [4.78, 5) is 22.8. The first-order chi connectivity index (χ1) is 13.1. The SMILES string of the molecule is CCOC(=O)C1CCN(c2ncnc(Nc3ccccc3CC)c2N)CC1. The minimum Gasteiger partial charge on any atom is -0.466 e. The maximum Gasteiger partial charge on any atom is 0.309 e. The molecule has 1 aliphatic rings. The summed E-state index contributed by atoms with van der Waals surface area (Å²) in [6, 6.07) is 8.11. The van der Waals surface area contributed by atoms with Crippen molar-refractivity contribution >= 4 is 29.0 Å². The lowest BCUT2D eigenvalue weighted by Gasteiger charge is -2.32. The van der Waals surface area contributed by atoms with Crippen molar-refractivity contribution in [3.05, 3.63) is 36.2 Å². The van der Waals surface area contributed by atoms with Gasteiger partial charge in [0, 0.05) is 18.8 Å². The number of para-hydroxylation sites is 1. The number of esters is 1. The molecule has 1 saturated heterocycles. The summed E-state index contributed by atoms with van der Waals surface area (Å²) in [5.74, 6) is 1.17. The first-order valence-electron chi connectivity index (χ1n) is 9.51. The van der Waals surface area contributed by atoms with Crippen LogP contribution in [0, 0.1) is 5.92 Å². The summed E-state index contributed by atoms with van der Waals surface area (Å²) in [5, 5.41) is 3.34. The molecular formula is C20H27N5O2. The van der Waals surface area contributed by atoms with Crippen molar-refractivity contribution in [2.45, 2.75) is 33.1 Å². The Morgan fingerprint density at radius 2 is 2.00 bits per heavy atom. The third-order valence-corrected chi connectivity index (χ3v) is 4.93. The molecule has 0 saturated carbocycles. The summed E-state index contributed by atoms with van der Waals surface area (Å²) in [6.07, 6.45) is 3.93. The number of aromatic nitrogens is 2. The van der Waals surface area contributed by atoms with Crippen LogP contribution in [-0.2, 0) is 16.0 Å². The predicted octanol–water partition coefficient (Wildman–Crippen LogP) is 3.14. The monoisotopic (exact) mass is 369 g/mol. The summed E-state index contributed by atoms with van der Waals surface area (Å²) in [7, 11) is 0. The van der Waals surface area contributed by atoms with E-state index in [1.54, 1.807) is 0 Å². The fourth-order valence-electron chi connectivity index (χ4n) is 3.40. The van der Waals surface area contributed by atoms with Gasteiger partial charge in [-0.05, 0) is 37.8 Å². The Bertz CT molecular complexity index is 788. The molecule has 0 atom stereocenters. The van der Waals surface area contributed by atoms with Gasteiger partial charge in [0.1, 0.15) is 12.0 Å². The summed E-state index contributed by atoms with van der Waals surface area (Å²) in [5.41, 5.74) is 9.10. The molecule has 0 amide bonds. The second kappa shape index (κ2) is 8.70. The lowest BCUT2D eigenvalue weighted by atomic mass is 9.97. The van der Waals surface area contributed by atoms with E-state index in [4.69, 9.17) is 10.5 Å². The van der Waals surface area contributed by atoms with Crippen molar-refractivity contribution in [2.75, 3.05) is 35.6 Å². The van der Waals surface area contributed by atoms with E-state index in [1.165, 1.54) is 11.9 Å². The molecule has 27 heavy (non-hydrogen) atoms. The van der Waals surface area contributed by atoms with E-state index in [1.807, 2.05) is 25.1 Å². The molecule has 0 radical (unpaired) electrons. The van der Waals surface area contributed by atoms with Crippen LogP contribution in [0.3, 0.4) is 0 Å². The zero-order valence-electron chi connectivity index (χ0n) is 15.9. The zero-order chi connectivity index (χ0) is 19.2. The van der Waals surface area contributed by atoms with Crippen LogP contribution in [0.2, 0.25) is 0 Å². The van der Waals surface area contributed by atoms with Gasteiger partial charge in [0.15, 0.2) is 11.6 Å². The molecule has 144 valence electrons. The number of piperidine rings is 1. The normalized spacial score (nSPS) is 14.8. The van der Waals surface area contributed by atoms with E-state index < -0.39 is 0 Å². The molecule has 2 aromatic rings. The Morgan fingerprint density at radius 1 is 1.26 bits per heavy atom. The van der Waals surface area contributed by atoms with Gasteiger partial charge in [0.2, 0.25) is 0 Å². The number of carbonyl (C=O) groups is 1. The molecule has 7 nitrogen and oxygen atoms in total. The number of nitrogens with zero attached hydrogens (tertiary/aromatic N) is 3. The van der Waals surface area contributed by atoms with Crippen molar-refractivity contribution in [1.29, 1.82) is 0 Å². The van der Waals surface area contributed by atoms with Gasteiger partial charge in [-0.1, -0.05) is 25.1 Å². The molecule has 1 aromatic heterocycles. The number of nitrogen functional groups attached to an aromatic ring is 1. The first-order valence-corrected chi connectivity index (χ1v) is 9.51. The average molecular weight is 369 g/mol. The van der Waals surface area contributed by atoms with Crippen LogP contribution in [0.1, 0.15) is 32.3 Å². The average Bonchev–Trinajstić information content (AvgIpc) is 2.70. The molecule has 0 aliphatic carbocycles. The highest BCUT2D eigenvalue weighted by Gasteiger charge is 2.28. The second-order valence-electron chi connectivity index (χ2n) is 6.61. The van der Waals surface area contributed by atoms with Crippen molar-refractivity contribution < 1.29 is 9.53 Å². The van der Waals surface area contributed by atoms with Crippen LogP contribution in [0.25, 0.3) is 0 Å². The predicted molar refractivity (Wildman–Crippen MR) is 107 cm³/mol. The second-order valence-corrected chi connectivity index (χ2v) is 6.61. The van der Waals surface area contributed by atoms with Gasteiger partial charge >= 0.3 is 5.97 Å². The maximum atomic E-state index is 11.9. The fourth-order valence-corrected chi connectivity index (χ4v) is 3.40. The maximum absolute atomic E-state index is 11.9. The van der Waals surface area contributed by atoms with Crippen LogP contribution in [0.4, 0.5) is 23.0 Å².